The lowest BCUT2D eigenvalue weighted by molar-refractivity contribution is 0.0892. The number of rotatable bonds is 6. The van der Waals surface area contributed by atoms with E-state index in [0.717, 1.165) is 23.9 Å². The number of carbonyl (C=O) groups is 1. The van der Waals surface area contributed by atoms with Gasteiger partial charge in [-0.15, -0.1) is 12.4 Å². The van der Waals surface area contributed by atoms with Gasteiger partial charge in [-0.05, 0) is 53.5 Å². The summed E-state index contributed by atoms with van der Waals surface area (Å²) in [5.74, 6) is 0.613. The van der Waals surface area contributed by atoms with Crippen molar-refractivity contribution in [1.82, 2.24) is 10.6 Å². The summed E-state index contributed by atoms with van der Waals surface area (Å²) in [6.45, 7) is 2.12. The van der Waals surface area contributed by atoms with Crippen LogP contribution >= 0.6 is 28.3 Å². The summed E-state index contributed by atoms with van der Waals surface area (Å²) in [5.41, 5.74) is 0.460. The molecule has 0 bridgehead atoms. The summed E-state index contributed by atoms with van der Waals surface area (Å²) in [6.07, 6.45) is 2.11. The van der Waals surface area contributed by atoms with Gasteiger partial charge in [0.15, 0.2) is 0 Å². The van der Waals surface area contributed by atoms with Crippen molar-refractivity contribution in [1.29, 1.82) is 0 Å². The van der Waals surface area contributed by atoms with Crippen molar-refractivity contribution in [3.63, 3.8) is 0 Å². The lowest BCUT2D eigenvalue weighted by atomic mass is 9.98. The maximum absolute atomic E-state index is 12.3. The molecule has 0 aromatic heterocycles. The van der Waals surface area contributed by atoms with E-state index in [-0.39, 0.29) is 23.9 Å². The van der Waals surface area contributed by atoms with Crippen molar-refractivity contribution >= 4 is 34.2 Å². The van der Waals surface area contributed by atoms with Crippen LogP contribution in [0, 0.1) is 0 Å². The lowest BCUT2D eigenvalue weighted by Crippen LogP contribution is -2.53. The van der Waals surface area contributed by atoms with Crippen LogP contribution in [0.2, 0.25) is 0 Å². The van der Waals surface area contributed by atoms with Crippen LogP contribution in [0.25, 0.3) is 0 Å². The molecule has 1 heterocycles. The highest BCUT2D eigenvalue weighted by Crippen LogP contribution is 2.25. The maximum atomic E-state index is 12.3. The van der Waals surface area contributed by atoms with Gasteiger partial charge in [0.25, 0.3) is 5.91 Å². The molecule has 1 atom stereocenters. The maximum Gasteiger partial charge on any atom is 0.251 e. The molecule has 124 valence electrons. The number of amides is 1. The number of hydrogen-bond acceptors (Lipinski definition) is 4. The van der Waals surface area contributed by atoms with E-state index in [9.17, 15) is 4.79 Å². The molecular formula is C15H22BrClN2O3. The van der Waals surface area contributed by atoms with Gasteiger partial charge < -0.3 is 20.1 Å². The number of carbonyl (C=O) groups excluding carboxylic acids is 1. The van der Waals surface area contributed by atoms with Gasteiger partial charge in [0, 0.05) is 19.2 Å². The first-order chi connectivity index (χ1) is 10.1. The molecule has 1 aromatic carbocycles. The number of nitrogens with one attached hydrogen (secondary N) is 2. The summed E-state index contributed by atoms with van der Waals surface area (Å²) >= 11 is 3.39. The molecule has 22 heavy (non-hydrogen) atoms. The molecule has 1 aliphatic rings. The van der Waals surface area contributed by atoms with Crippen molar-refractivity contribution in [2.45, 2.75) is 18.4 Å². The quantitative estimate of drug-likeness (QED) is 0.779. The second-order valence-corrected chi connectivity index (χ2v) is 6.13. The predicted octanol–water partition coefficient (Wildman–Crippen LogP) is 2.38. The van der Waals surface area contributed by atoms with Gasteiger partial charge in [-0.3, -0.25) is 4.79 Å². The molecule has 0 spiro atoms. The van der Waals surface area contributed by atoms with Crippen LogP contribution in [-0.4, -0.2) is 45.4 Å². The van der Waals surface area contributed by atoms with E-state index in [1.165, 1.54) is 0 Å². The number of hydrogen-bond donors (Lipinski definition) is 2. The number of methoxy groups -OCH3 is 2. The average Bonchev–Trinajstić information content (AvgIpc) is 2.94. The molecule has 1 amide bonds. The third-order valence-corrected chi connectivity index (χ3v) is 4.37. The topological polar surface area (TPSA) is 59.6 Å². The first-order valence-corrected chi connectivity index (χ1v) is 7.75. The molecule has 1 fully saturated rings. The van der Waals surface area contributed by atoms with Crippen molar-refractivity contribution < 1.29 is 14.3 Å². The minimum absolute atomic E-state index is 0. The summed E-state index contributed by atoms with van der Waals surface area (Å²) < 4.78 is 11.2. The smallest absolute Gasteiger partial charge is 0.251 e. The molecule has 1 aliphatic heterocycles. The standard InChI is InChI=1S/C15H21BrN2O3.ClH/c1-20-10-15(6-3-7-18-15)9-17-14(19)11-4-5-13(21-2)12(16)8-11;/h4-5,8,18H,3,6-7,9-10H2,1-2H3,(H,17,19);1H. The number of benzene rings is 1. The van der Waals surface area contributed by atoms with E-state index >= 15 is 0 Å². The van der Waals surface area contributed by atoms with Crippen LogP contribution in [0.15, 0.2) is 22.7 Å². The fourth-order valence-electron chi connectivity index (χ4n) is 2.63. The fourth-order valence-corrected chi connectivity index (χ4v) is 3.17. The van der Waals surface area contributed by atoms with Gasteiger partial charge in [-0.25, -0.2) is 0 Å². The molecule has 5 nitrogen and oxygen atoms in total. The highest BCUT2D eigenvalue weighted by atomic mass is 79.9. The van der Waals surface area contributed by atoms with Gasteiger partial charge in [-0.2, -0.15) is 0 Å². The van der Waals surface area contributed by atoms with E-state index in [2.05, 4.69) is 26.6 Å². The van der Waals surface area contributed by atoms with E-state index in [1.54, 1.807) is 32.4 Å². The Morgan fingerprint density at radius 3 is 2.77 bits per heavy atom. The highest BCUT2D eigenvalue weighted by molar-refractivity contribution is 9.10. The minimum atomic E-state index is -0.145. The molecule has 0 saturated carbocycles. The Bertz CT molecular complexity index is 508. The van der Waals surface area contributed by atoms with Gasteiger partial charge in [0.05, 0.1) is 23.7 Å². The third kappa shape index (κ3) is 4.59. The molecule has 2 rings (SSSR count). The molecular weight excluding hydrogens is 372 g/mol. The summed E-state index contributed by atoms with van der Waals surface area (Å²) in [5, 5.41) is 6.43. The van der Waals surface area contributed by atoms with E-state index in [4.69, 9.17) is 9.47 Å². The molecule has 2 N–H and O–H groups in total. The van der Waals surface area contributed by atoms with Crippen LogP contribution < -0.4 is 15.4 Å². The first kappa shape index (κ1) is 19.2. The molecule has 0 aliphatic carbocycles. The zero-order valence-corrected chi connectivity index (χ0v) is 15.2. The third-order valence-electron chi connectivity index (χ3n) is 3.75. The number of ether oxygens (including phenoxy) is 2. The largest absolute Gasteiger partial charge is 0.496 e. The van der Waals surface area contributed by atoms with Crippen molar-refractivity contribution in [2.75, 3.05) is 33.9 Å². The van der Waals surface area contributed by atoms with Crippen molar-refractivity contribution in [3.05, 3.63) is 28.2 Å². The summed E-state index contributed by atoms with van der Waals surface area (Å²) in [6, 6.07) is 5.29. The van der Waals surface area contributed by atoms with Crippen LogP contribution in [-0.2, 0) is 4.74 Å². The normalized spacial score (nSPS) is 20.3. The molecule has 7 heteroatoms. The second kappa shape index (κ2) is 8.72. The Morgan fingerprint density at radius 1 is 1.45 bits per heavy atom. The van der Waals surface area contributed by atoms with Crippen LogP contribution in [0.5, 0.6) is 5.75 Å². The van der Waals surface area contributed by atoms with Crippen LogP contribution in [0.3, 0.4) is 0 Å². The van der Waals surface area contributed by atoms with E-state index in [0.29, 0.717) is 24.5 Å². The highest BCUT2D eigenvalue weighted by Gasteiger charge is 2.33. The monoisotopic (exact) mass is 392 g/mol. The van der Waals surface area contributed by atoms with Gasteiger partial charge in [-0.1, -0.05) is 0 Å². The Balaban J connectivity index is 0.00000242. The minimum Gasteiger partial charge on any atom is -0.496 e. The van der Waals surface area contributed by atoms with Crippen LogP contribution in [0.1, 0.15) is 23.2 Å². The molecule has 1 aromatic rings. The second-order valence-electron chi connectivity index (χ2n) is 5.28. The lowest BCUT2D eigenvalue weighted by Gasteiger charge is -2.29. The summed E-state index contributed by atoms with van der Waals surface area (Å²) in [4.78, 5) is 12.3. The van der Waals surface area contributed by atoms with Crippen molar-refractivity contribution in [3.8, 4) is 5.75 Å². The van der Waals surface area contributed by atoms with Crippen LogP contribution in [0.4, 0.5) is 0 Å². The van der Waals surface area contributed by atoms with E-state index < -0.39 is 0 Å². The predicted molar refractivity (Wildman–Crippen MR) is 92.1 cm³/mol. The average molecular weight is 394 g/mol. The summed E-state index contributed by atoms with van der Waals surface area (Å²) in [7, 11) is 3.28. The molecule has 1 unspecified atom stereocenters. The first-order valence-electron chi connectivity index (χ1n) is 6.96. The van der Waals surface area contributed by atoms with Gasteiger partial charge >= 0.3 is 0 Å². The Kier molecular flexibility index (Phi) is 7.62. The Morgan fingerprint density at radius 2 is 2.23 bits per heavy atom. The van der Waals surface area contributed by atoms with Crippen molar-refractivity contribution in [2.24, 2.45) is 0 Å². The number of halogens is 2. The zero-order valence-electron chi connectivity index (χ0n) is 12.8. The molecule has 0 radical (unpaired) electrons. The Hall–Kier alpha value is -0.820. The fraction of sp³-hybridized carbons (Fsp3) is 0.533. The van der Waals surface area contributed by atoms with E-state index in [1.807, 2.05) is 0 Å². The molecule has 1 saturated heterocycles. The Labute approximate surface area is 145 Å². The zero-order chi connectivity index (χ0) is 15.3. The SMILES string of the molecule is COCC1(CNC(=O)c2ccc(OC)c(Br)c2)CCCN1.Cl. The van der Waals surface area contributed by atoms with Gasteiger partial charge in [0.2, 0.25) is 0 Å². The van der Waals surface area contributed by atoms with Gasteiger partial charge in [0.1, 0.15) is 5.75 Å².